The molecule has 1 aromatic rings. The number of ether oxygens (including phenoxy) is 1. The van der Waals surface area contributed by atoms with Gasteiger partial charge in [-0.2, -0.15) is 0 Å². The van der Waals surface area contributed by atoms with Gasteiger partial charge in [0.15, 0.2) is 0 Å². The zero-order valence-corrected chi connectivity index (χ0v) is 16.1. The SMILES string of the molecule is CC(C)OC(=O)N1[C@H](C)CN(C(=O)c2ccc(NS(=O)[O-])cc2)C[C@@H]1C. The lowest BCUT2D eigenvalue weighted by molar-refractivity contribution is 0.0124. The van der Waals surface area contributed by atoms with Crippen LogP contribution in [0.1, 0.15) is 38.1 Å². The second kappa shape index (κ2) is 8.50. The smallest absolute Gasteiger partial charge is 0.410 e. The molecule has 0 bridgehead atoms. The van der Waals surface area contributed by atoms with Crippen LogP contribution in [0.5, 0.6) is 0 Å². The number of rotatable bonds is 4. The molecule has 1 N–H and O–H groups in total. The summed E-state index contributed by atoms with van der Waals surface area (Å²) in [5.41, 5.74) is 0.850. The summed E-state index contributed by atoms with van der Waals surface area (Å²) in [7, 11) is 0. The minimum absolute atomic E-state index is 0.157. The summed E-state index contributed by atoms with van der Waals surface area (Å²) in [5, 5.41) is 0. The third-order valence-electron chi connectivity index (χ3n) is 4.09. The van der Waals surface area contributed by atoms with Crippen molar-refractivity contribution in [3.8, 4) is 0 Å². The Morgan fingerprint density at radius 3 is 2.19 bits per heavy atom. The molecule has 8 nitrogen and oxygen atoms in total. The Kier molecular flexibility index (Phi) is 6.60. The van der Waals surface area contributed by atoms with E-state index in [0.29, 0.717) is 24.3 Å². The first-order chi connectivity index (χ1) is 12.2. The predicted octanol–water partition coefficient (Wildman–Crippen LogP) is 1.97. The maximum Gasteiger partial charge on any atom is 0.410 e. The molecule has 1 fully saturated rings. The molecule has 0 aliphatic carbocycles. The van der Waals surface area contributed by atoms with Crippen LogP contribution in [0.4, 0.5) is 10.5 Å². The lowest BCUT2D eigenvalue weighted by Gasteiger charge is -2.43. The first-order valence-electron chi connectivity index (χ1n) is 8.43. The van der Waals surface area contributed by atoms with Gasteiger partial charge in [-0.3, -0.25) is 13.9 Å². The van der Waals surface area contributed by atoms with Crippen molar-refractivity contribution in [2.24, 2.45) is 0 Å². The highest BCUT2D eigenvalue weighted by Gasteiger charge is 2.36. The van der Waals surface area contributed by atoms with Crippen molar-refractivity contribution in [3.63, 3.8) is 0 Å². The average molecular weight is 382 g/mol. The van der Waals surface area contributed by atoms with E-state index in [1.807, 2.05) is 13.8 Å². The molecule has 0 aromatic heterocycles. The number of nitrogens with one attached hydrogen (secondary N) is 1. The highest BCUT2D eigenvalue weighted by atomic mass is 32.2. The van der Waals surface area contributed by atoms with E-state index in [2.05, 4.69) is 4.72 Å². The summed E-state index contributed by atoms with van der Waals surface area (Å²) < 4.78 is 28.8. The Labute approximate surface area is 155 Å². The van der Waals surface area contributed by atoms with Gasteiger partial charge >= 0.3 is 6.09 Å². The number of hydrogen-bond acceptors (Lipinski definition) is 5. The predicted molar refractivity (Wildman–Crippen MR) is 97.3 cm³/mol. The van der Waals surface area contributed by atoms with Crippen molar-refractivity contribution >= 4 is 29.0 Å². The first kappa shape index (κ1) is 20.2. The van der Waals surface area contributed by atoms with Crippen LogP contribution in [0.3, 0.4) is 0 Å². The highest BCUT2D eigenvalue weighted by molar-refractivity contribution is 7.80. The van der Waals surface area contributed by atoms with Gasteiger partial charge in [-0.15, -0.1) is 0 Å². The molecular formula is C17H24N3O5S-. The fourth-order valence-electron chi connectivity index (χ4n) is 3.07. The second-order valence-electron chi connectivity index (χ2n) is 6.66. The average Bonchev–Trinajstić information content (AvgIpc) is 2.53. The van der Waals surface area contributed by atoms with Gasteiger partial charge in [0.2, 0.25) is 0 Å². The molecular weight excluding hydrogens is 358 g/mol. The van der Waals surface area contributed by atoms with Crippen LogP contribution in [0.25, 0.3) is 0 Å². The molecule has 1 aliphatic heterocycles. The third kappa shape index (κ3) is 4.95. The largest absolute Gasteiger partial charge is 0.755 e. The maximum absolute atomic E-state index is 12.7. The Bertz CT molecular complexity index is 667. The number of anilines is 1. The Balaban J connectivity index is 2.05. The van der Waals surface area contributed by atoms with E-state index in [4.69, 9.17) is 4.74 Å². The molecule has 1 aliphatic rings. The summed E-state index contributed by atoms with van der Waals surface area (Å²) in [6, 6.07) is 5.88. The number of piperazine rings is 1. The molecule has 0 saturated carbocycles. The number of carbonyl (C=O) groups is 2. The molecule has 26 heavy (non-hydrogen) atoms. The van der Waals surface area contributed by atoms with Gasteiger partial charge in [-0.1, -0.05) is 0 Å². The number of hydrogen-bond donors (Lipinski definition) is 1. The zero-order valence-electron chi connectivity index (χ0n) is 15.3. The van der Waals surface area contributed by atoms with Gasteiger partial charge in [0.1, 0.15) is 0 Å². The van der Waals surface area contributed by atoms with Gasteiger partial charge in [0.25, 0.3) is 5.91 Å². The molecule has 144 valence electrons. The number of carbonyl (C=O) groups excluding carboxylic acids is 2. The van der Waals surface area contributed by atoms with Gasteiger partial charge < -0.3 is 18.9 Å². The minimum atomic E-state index is -2.41. The van der Waals surface area contributed by atoms with Crippen molar-refractivity contribution in [2.45, 2.75) is 45.9 Å². The van der Waals surface area contributed by atoms with Crippen LogP contribution in [-0.2, 0) is 16.0 Å². The summed E-state index contributed by atoms with van der Waals surface area (Å²) in [6.07, 6.45) is -0.565. The molecule has 0 radical (unpaired) electrons. The molecule has 9 heteroatoms. The van der Waals surface area contributed by atoms with Crippen molar-refractivity contribution in [2.75, 3.05) is 17.8 Å². The van der Waals surface area contributed by atoms with E-state index in [0.717, 1.165) is 0 Å². The topological polar surface area (TPSA) is 102 Å². The standard InChI is InChI=1S/C17H25N3O5S/c1-11(2)25-17(22)20-12(3)9-19(10-13(20)4)16(21)14-5-7-15(8-6-14)18-26(23)24/h5-8,11-13,18H,9-10H2,1-4H3,(H,23,24)/p-1/t12-,13+. The molecule has 1 heterocycles. The fourth-order valence-corrected chi connectivity index (χ4v) is 3.40. The van der Waals surface area contributed by atoms with Crippen molar-refractivity contribution < 1.29 is 23.1 Å². The van der Waals surface area contributed by atoms with E-state index in [9.17, 15) is 18.4 Å². The van der Waals surface area contributed by atoms with E-state index in [-0.39, 0.29) is 30.2 Å². The van der Waals surface area contributed by atoms with Crippen molar-refractivity contribution in [1.82, 2.24) is 9.80 Å². The van der Waals surface area contributed by atoms with Gasteiger partial charge in [0.05, 0.1) is 18.2 Å². The lowest BCUT2D eigenvalue weighted by atomic mass is 10.1. The molecule has 2 amide bonds. The second-order valence-corrected chi connectivity index (χ2v) is 7.34. The minimum Gasteiger partial charge on any atom is -0.755 e. The van der Waals surface area contributed by atoms with Crippen molar-refractivity contribution in [1.29, 1.82) is 0 Å². The van der Waals surface area contributed by atoms with E-state index in [1.165, 1.54) is 12.1 Å². The monoisotopic (exact) mass is 382 g/mol. The zero-order chi connectivity index (χ0) is 19.4. The number of amides is 2. The Morgan fingerprint density at radius 2 is 1.73 bits per heavy atom. The van der Waals surface area contributed by atoms with Gasteiger partial charge in [-0.25, -0.2) is 4.79 Å². The summed E-state index contributed by atoms with van der Waals surface area (Å²) in [4.78, 5) is 28.3. The van der Waals surface area contributed by atoms with E-state index < -0.39 is 11.3 Å². The highest BCUT2D eigenvalue weighted by Crippen LogP contribution is 2.20. The van der Waals surface area contributed by atoms with Crippen LogP contribution in [0.2, 0.25) is 0 Å². The molecule has 1 aromatic carbocycles. The van der Waals surface area contributed by atoms with Crippen molar-refractivity contribution in [3.05, 3.63) is 29.8 Å². The molecule has 1 saturated heterocycles. The lowest BCUT2D eigenvalue weighted by Crippen LogP contribution is -2.60. The van der Waals surface area contributed by atoms with E-state index >= 15 is 0 Å². The molecule has 3 atom stereocenters. The normalized spacial score (nSPS) is 21.5. The summed E-state index contributed by atoms with van der Waals surface area (Å²) in [6.45, 7) is 8.17. The van der Waals surface area contributed by atoms with Gasteiger partial charge in [-0.05, 0) is 52.0 Å². The van der Waals surface area contributed by atoms with Crippen LogP contribution < -0.4 is 4.72 Å². The van der Waals surface area contributed by atoms with Crippen LogP contribution in [0, 0.1) is 0 Å². The third-order valence-corrected chi connectivity index (χ3v) is 4.49. The quantitative estimate of drug-likeness (QED) is 0.802. The Morgan fingerprint density at radius 1 is 1.19 bits per heavy atom. The maximum atomic E-state index is 12.7. The number of benzene rings is 1. The van der Waals surface area contributed by atoms with Crippen LogP contribution >= 0.6 is 0 Å². The molecule has 1 unspecified atom stereocenters. The van der Waals surface area contributed by atoms with Gasteiger partial charge in [0, 0.05) is 35.6 Å². The molecule has 2 rings (SSSR count). The summed E-state index contributed by atoms with van der Waals surface area (Å²) in [5.74, 6) is -0.157. The Hall–Kier alpha value is -2.13. The molecule has 0 spiro atoms. The van der Waals surface area contributed by atoms with Crippen LogP contribution in [0.15, 0.2) is 24.3 Å². The number of nitrogens with zero attached hydrogens (tertiary/aromatic N) is 2. The van der Waals surface area contributed by atoms with Crippen LogP contribution in [-0.4, -0.2) is 61.8 Å². The van der Waals surface area contributed by atoms with E-state index in [1.54, 1.807) is 35.8 Å². The summed E-state index contributed by atoms with van der Waals surface area (Å²) >= 11 is -2.41. The fraction of sp³-hybridized carbons (Fsp3) is 0.529. The first-order valence-corrected chi connectivity index (χ1v) is 9.50.